The summed E-state index contributed by atoms with van der Waals surface area (Å²) in [5.41, 5.74) is 1.84. The van der Waals surface area contributed by atoms with E-state index in [1.54, 1.807) is 24.6 Å². The summed E-state index contributed by atoms with van der Waals surface area (Å²) in [6, 6.07) is 1.80. The number of aryl methyl sites for hydroxylation is 3. The van der Waals surface area contributed by atoms with E-state index in [0.29, 0.717) is 11.0 Å². The first-order valence-electron chi connectivity index (χ1n) is 4.30. The number of benzene rings is 1. The number of rotatable bonds is 0. The summed E-state index contributed by atoms with van der Waals surface area (Å²) in [6.45, 7) is 3.61. The number of halogens is 2. The number of fused-ring (bicyclic) bond motifs is 1. The van der Waals surface area contributed by atoms with Gasteiger partial charge in [0, 0.05) is 7.05 Å². The molecule has 0 spiro atoms. The maximum atomic E-state index is 13.7. The zero-order valence-electron chi connectivity index (χ0n) is 8.23. The second-order valence-corrected chi connectivity index (χ2v) is 3.79. The predicted molar refractivity (Wildman–Crippen MR) is 55.2 cm³/mol. The fourth-order valence-electron chi connectivity index (χ4n) is 1.54. The van der Waals surface area contributed by atoms with Crippen LogP contribution in [0, 0.1) is 19.7 Å². The van der Waals surface area contributed by atoms with Gasteiger partial charge in [0.2, 0.25) is 0 Å². The summed E-state index contributed by atoms with van der Waals surface area (Å²) < 4.78 is 15.4. The molecule has 4 heteroatoms. The van der Waals surface area contributed by atoms with Gasteiger partial charge >= 0.3 is 0 Å². The predicted octanol–water partition coefficient (Wildman–Crippen LogP) is 2.98. The summed E-state index contributed by atoms with van der Waals surface area (Å²) in [5.74, 6) is 0.394. The standard InChI is InChI=1S/C10H10ClFN2/c1-5-4-7-10(9(12)8(5)11)14(3)6(2)13-7/h4H,1-3H3. The first-order chi connectivity index (χ1) is 6.52. The van der Waals surface area contributed by atoms with Crippen LogP contribution in [0.3, 0.4) is 0 Å². The molecule has 0 bridgehead atoms. The molecule has 74 valence electrons. The minimum Gasteiger partial charge on any atom is -0.329 e. The molecule has 2 aromatic rings. The van der Waals surface area contributed by atoms with Gasteiger partial charge in [-0.2, -0.15) is 0 Å². The van der Waals surface area contributed by atoms with Gasteiger partial charge in [-0.15, -0.1) is 0 Å². The molecule has 0 N–H and O–H groups in total. The van der Waals surface area contributed by atoms with Crippen molar-refractivity contribution in [2.75, 3.05) is 0 Å². The van der Waals surface area contributed by atoms with E-state index in [4.69, 9.17) is 11.6 Å². The zero-order chi connectivity index (χ0) is 10.5. The summed E-state index contributed by atoms with van der Waals surface area (Å²) in [6.07, 6.45) is 0. The Morgan fingerprint density at radius 3 is 2.71 bits per heavy atom. The Labute approximate surface area is 86.3 Å². The molecule has 0 aliphatic rings. The van der Waals surface area contributed by atoms with E-state index < -0.39 is 0 Å². The second-order valence-electron chi connectivity index (χ2n) is 3.41. The smallest absolute Gasteiger partial charge is 0.167 e. The van der Waals surface area contributed by atoms with Gasteiger partial charge in [-0.25, -0.2) is 9.37 Å². The zero-order valence-corrected chi connectivity index (χ0v) is 8.98. The Kier molecular flexibility index (Phi) is 2.00. The van der Waals surface area contributed by atoms with E-state index in [2.05, 4.69) is 4.98 Å². The third-order valence-electron chi connectivity index (χ3n) is 2.45. The van der Waals surface area contributed by atoms with Gasteiger partial charge in [0.25, 0.3) is 0 Å². The summed E-state index contributed by atoms with van der Waals surface area (Å²) >= 11 is 5.82. The molecule has 0 amide bonds. The van der Waals surface area contributed by atoms with Crippen LogP contribution in [0.1, 0.15) is 11.4 Å². The van der Waals surface area contributed by atoms with Crippen molar-refractivity contribution in [2.45, 2.75) is 13.8 Å². The van der Waals surface area contributed by atoms with Crippen LogP contribution in [-0.2, 0) is 7.05 Å². The highest BCUT2D eigenvalue weighted by molar-refractivity contribution is 6.32. The minimum atomic E-state index is -0.384. The van der Waals surface area contributed by atoms with Crippen LogP contribution in [0.15, 0.2) is 6.07 Å². The molecule has 1 aromatic heterocycles. The normalized spacial score (nSPS) is 11.2. The van der Waals surface area contributed by atoms with Crippen LogP contribution in [0.5, 0.6) is 0 Å². The second kappa shape index (κ2) is 2.95. The maximum Gasteiger partial charge on any atom is 0.167 e. The van der Waals surface area contributed by atoms with Crippen molar-refractivity contribution in [3.63, 3.8) is 0 Å². The fourth-order valence-corrected chi connectivity index (χ4v) is 1.69. The van der Waals surface area contributed by atoms with Crippen LogP contribution in [0.25, 0.3) is 11.0 Å². The molecule has 2 rings (SSSR count). The molecule has 0 radical (unpaired) electrons. The molecular formula is C10H10ClFN2. The average Bonchev–Trinajstić information content (AvgIpc) is 2.39. The van der Waals surface area contributed by atoms with Gasteiger partial charge in [-0.1, -0.05) is 11.6 Å². The Morgan fingerprint density at radius 1 is 1.43 bits per heavy atom. The minimum absolute atomic E-state index is 0.181. The van der Waals surface area contributed by atoms with Gasteiger partial charge < -0.3 is 4.57 Å². The highest BCUT2D eigenvalue weighted by atomic mass is 35.5. The number of imidazole rings is 1. The monoisotopic (exact) mass is 212 g/mol. The number of aromatic nitrogens is 2. The first-order valence-corrected chi connectivity index (χ1v) is 4.67. The molecular weight excluding hydrogens is 203 g/mol. The lowest BCUT2D eigenvalue weighted by atomic mass is 10.2. The number of hydrogen-bond donors (Lipinski definition) is 0. The maximum absolute atomic E-state index is 13.7. The SMILES string of the molecule is Cc1cc2nc(C)n(C)c2c(F)c1Cl. The molecule has 0 aliphatic heterocycles. The Hall–Kier alpha value is -1.09. The van der Waals surface area contributed by atoms with Crippen molar-refractivity contribution < 1.29 is 4.39 Å². The van der Waals surface area contributed by atoms with Crippen molar-refractivity contribution in [3.05, 3.63) is 28.3 Å². The van der Waals surface area contributed by atoms with Crippen LogP contribution in [0.2, 0.25) is 5.02 Å². The molecule has 0 aliphatic carbocycles. The molecule has 0 fully saturated rings. The molecule has 0 unspecified atom stereocenters. The molecule has 14 heavy (non-hydrogen) atoms. The van der Waals surface area contributed by atoms with Gasteiger partial charge in [-0.3, -0.25) is 0 Å². The van der Waals surface area contributed by atoms with Crippen molar-refractivity contribution in [1.82, 2.24) is 9.55 Å². The number of hydrogen-bond acceptors (Lipinski definition) is 1. The van der Waals surface area contributed by atoms with Gasteiger partial charge in [0.05, 0.1) is 10.5 Å². The average molecular weight is 213 g/mol. The van der Waals surface area contributed by atoms with Crippen molar-refractivity contribution in [2.24, 2.45) is 7.05 Å². The van der Waals surface area contributed by atoms with E-state index in [1.807, 2.05) is 6.92 Å². The molecule has 1 aromatic carbocycles. The van der Waals surface area contributed by atoms with Gasteiger partial charge in [0.1, 0.15) is 11.3 Å². The highest BCUT2D eigenvalue weighted by Crippen LogP contribution is 2.27. The van der Waals surface area contributed by atoms with Crippen molar-refractivity contribution >= 4 is 22.6 Å². The summed E-state index contributed by atoms with van der Waals surface area (Å²) in [5, 5.41) is 0.181. The lowest BCUT2D eigenvalue weighted by Gasteiger charge is -2.02. The summed E-state index contributed by atoms with van der Waals surface area (Å²) in [4.78, 5) is 4.24. The Morgan fingerprint density at radius 2 is 2.07 bits per heavy atom. The van der Waals surface area contributed by atoms with E-state index >= 15 is 0 Å². The van der Waals surface area contributed by atoms with Crippen LogP contribution in [-0.4, -0.2) is 9.55 Å². The van der Waals surface area contributed by atoms with Crippen LogP contribution < -0.4 is 0 Å². The lowest BCUT2D eigenvalue weighted by molar-refractivity contribution is 0.630. The first kappa shape index (κ1) is 9.46. The van der Waals surface area contributed by atoms with E-state index in [0.717, 1.165) is 11.4 Å². The molecule has 0 atom stereocenters. The lowest BCUT2D eigenvalue weighted by Crippen LogP contribution is -1.94. The quantitative estimate of drug-likeness (QED) is 0.657. The fraction of sp³-hybridized carbons (Fsp3) is 0.300. The summed E-state index contributed by atoms with van der Waals surface area (Å²) in [7, 11) is 1.78. The third-order valence-corrected chi connectivity index (χ3v) is 2.91. The van der Waals surface area contributed by atoms with Gasteiger partial charge in [0.15, 0.2) is 5.82 Å². The van der Waals surface area contributed by atoms with Crippen molar-refractivity contribution in [1.29, 1.82) is 0 Å². The third kappa shape index (κ3) is 1.12. The van der Waals surface area contributed by atoms with Crippen molar-refractivity contribution in [3.8, 4) is 0 Å². The molecule has 2 nitrogen and oxygen atoms in total. The Balaban J connectivity index is 2.99. The van der Waals surface area contributed by atoms with Gasteiger partial charge in [-0.05, 0) is 25.5 Å². The largest absolute Gasteiger partial charge is 0.329 e. The molecule has 0 saturated heterocycles. The molecule has 0 saturated carbocycles. The highest BCUT2D eigenvalue weighted by Gasteiger charge is 2.14. The topological polar surface area (TPSA) is 17.8 Å². The van der Waals surface area contributed by atoms with E-state index in [1.165, 1.54) is 0 Å². The van der Waals surface area contributed by atoms with Crippen LogP contribution >= 0.6 is 11.6 Å². The number of nitrogens with zero attached hydrogens (tertiary/aromatic N) is 2. The van der Waals surface area contributed by atoms with E-state index in [-0.39, 0.29) is 10.8 Å². The van der Waals surface area contributed by atoms with E-state index in [9.17, 15) is 4.39 Å². The molecule has 1 heterocycles. The van der Waals surface area contributed by atoms with Crippen LogP contribution in [0.4, 0.5) is 4.39 Å². The Bertz CT molecular complexity index is 517.